The molecule has 0 aliphatic heterocycles. The van der Waals surface area contributed by atoms with Crippen molar-refractivity contribution in [2.45, 2.75) is 33.4 Å². The van der Waals surface area contributed by atoms with Crippen LogP contribution in [0.2, 0.25) is 0 Å². The highest BCUT2D eigenvalue weighted by Crippen LogP contribution is 2.29. The van der Waals surface area contributed by atoms with Gasteiger partial charge < -0.3 is 14.7 Å². The second kappa shape index (κ2) is 10.6. The number of carboxylic acids is 1. The van der Waals surface area contributed by atoms with Crippen molar-refractivity contribution in [3.8, 4) is 11.1 Å². The van der Waals surface area contributed by atoms with Gasteiger partial charge in [-0.3, -0.25) is 4.79 Å². The molecule has 1 N–H and O–H groups in total. The summed E-state index contributed by atoms with van der Waals surface area (Å²) in [6.07, 6.45) is -0.655. The Balaban J connectivity index is 1.81. The van der Waals surface area contributed by atoms with Crippen molar-refractivity contribution in [3.63, 3.8) is 0 Å². The van der Waals surface area contributed by atoms with Crippen LogP contribution in [0, 0.1) is 12.7 Å². The minimum absolute atomic E-state index is 0.0241. The zero-order valence-corrected chi connectivity index (χ0v) is 18.2. The van der Waals surface area contributed by atoms with Crippen molar-refractivity contribution in [1.82, 2.24) is 4.90 Å². The van der Waals surface area contributed by atoms with Gasteiger partial charge in [-0.25, -0.2) is 9.18 Å². The normalized spacial score (nSPS) is 10.6. The number of aliphatic carboxylic acids is 1. The molecule has 6 heteroatoms. The van der Waals surface area contributed by atoms with Gasteiger partial charge >= 0.3 is 12.1 Å². The molecule has 0 atom stereocenters. The van der Waals surface area contributed by atoms with Gasteiger partial charge in [0.15, 0.2) is 0 Å². The van der Waals surface area contributed by atoms with Crippen molar-refractivity contribution in [2.24, 2.45) is 0 Å². The molecule has 5 nitrogen and oxygen atoms in total. The Labute approximate surface area is 187 Å². The number of carboxylic acid groups (broad SMARTS) is 1. The maximum absolute atomic E-state index is 14.6. The average molecular weight is 435 g/mol. The van der Waals surface area contributed by atoms with Gasteiger partial charge in [0.1, 0.15) is 12.4 Å². The van der Waals surface area contributed by atoms with E-state index in [2.05, 4.69) is 0 Å². The molecule has 0 saturated heterocycles. The summed E-state index contributed by atoms with van der Waals surface area (Å²) in [6, 6.07) is 19.4. The highest BCUT2D eigenvalue weighted by molar-refractivity contribution is 5.74. The van der Waals surface area contributed by atoms with E-state index in [-0.39, 0.29) is 18.6 Å². The Morgan fingerprint density at radius 2 is 1.72 bits per heavy atom. The average Bonchev–Trinajstić information content (AvgIpc) is 2.78. The van der Waals surface area contributed by atoms with E-state index < -0.39 is 17.9 Å². The second-order valence-electron chi connectivity index (χ2n) is 7.60. The lowest BCUT2D eigenvalue weighted by molar-refractivity contribution is -0.136. The van der Waals surface area contributed by atoms with Crippen LogP contribution in [0.4, 0.5) is 9.18 Å². The molecular weight excluding hydrogens is 409 g/mol. The number of benzene rings is 3. The summed E-state index contributed by atoms with van der Waals surface area (Å²) in [5.41, 5.74) is 3.95. The van der Waals surface area contributed by atoms with Crippen LogP contribution in [-0.2, 0) is 29.1 Å². The van der Waals surface area contributed by atoms with Crippen LogP contribution in [-0.4, -0.2) is 28.6 Å². The second-order valence-corrected chi connectivity index (χ2v) is 7.60. The molecule has 0 aromatic heterocycles. The minimum atomic E-state index is -0.987. The maximum atomic E-state index is 14.6. The minimum Gasteiger partial charge on any atom is -0.481 e. The van der Waals surface area contributed by atoms with Gasteiger partial charge in [-0.15, -0.1) is 0 Å². The van der Waals surface area contributed by atoms with Crippen LogP contribution < -0.4 is 0 Å². The fourth-order valence-electron chi connectivity index (χ4n) is 3.51. The Hall–Kier alpha value is -3.67. The van der Waals surface area contributed by atoms with Crippen LogP contribution in [0.15, 0.2) is 66.7 Å². The Morgan fingerprint density at radius 1 is 0.969 bits per heavy atom. The molecule has 3 aromatic rings. The largest absolute Gasteiger partial charge is 0.481 e. The summed E-state index contributed by atoms with van der Waals surface area (Å²) in [6.45, 7) is 4.68. The number of amides is 1. The number of hydrogen-bond acceptors (Lipinski definition) is 3. The molecule has 0 heterocycles. The molecular formula is C26H26FNO4. The lowest BCUT2D eigenvalue weighted by Crippen LogP contribution is -2.30. The molecule has 0 fully saturated rings. The van der Waals surface area contributed by atoms with Gasteiger partial charge in [0.05, 0.1) is 6.42 Å². The summed E-state index contributed by atoms with van der Waals surface area (Å²) in [5.74, 6) is -1.45. The standard InChI is InChI=1S/C26H26FNO4/c1-3-28(16-19-7-5-4-6-8-19)26(31)32-17-21-13-18(2)9-11-22(21)23-14-20(15-25(29)30)10-12-24(23)27/h4-14H,3,15-17H2,1-2H3,(H,29,30). The number of carbonyl (C=O) groups excluding carboxylic acids is 1. The summed E-state index contributed by atoms with van der Waals surface area (Å²) in [7, 11) is 0. The topological polar surface area (TPSA) is 66.8 Å². The summed E-state index contributed by atoms with van der Waals surface area (Å²) in [5, 5.41) is 9.06. The highest BCUT2D eigenvalue weighted by atomic mass is 19.1. The van der Waals surface area contributed by atoms with Gasteiger partial charge in [-0.05, 0) is 48.2 Å². The summed E-state index contributed by atoms with van der Waals surface area (Å²) >= 11 is 0. The maximum Gasteiger partial charge on any atom is 0.410 e. The van der Waals surface area contributed by atoms with Gasteiger partial charge in [-0.2, -0.15) is 0 Å². The monoisotopic (exact) mass is 435 g/mol. The molecule has 166 valence electrons. The SMILES string of the molecule is CCN(Cc1ccccc1)C(=O)OCc1cc(C)ccc1-c1cc(CC(=O)O)ccc1F. The van der Waals surface area contributed by atoms with E-state index in [1.807, 2.05) is 56.3 Å². The Kier molecular flexibility index (Phi) is 7.60. The number of halogens is 1. The van der Waals surface area contributed by atoms with Crippen molar-refractivity contribution in [1.29, 1.82) is 0 Å². The lowest BCUT2D eigenvalue weighted by Gasteiger charge is -2.21. The molecule has 0 unspecified atom stereocenters. The van der Waals surface area contributed by atoms with Crippen molar-refractivity contribution in [2.75, 3.05) is 6.54 Å². The van der Waals surface area contributed by atoms with Gasteiger partial charge in [0.2, 0.25) is 0 Å². The molecule has 0 saturated carbocycles. The molecule has 3 rings (SSSR count). The third-order valence-corrected chi connectivity index (χ3v) is 5.14. The fraction of sp³-hybridized carbons (Fsp3) is 0.231. The van der Waals surface area contributed by atoms with Crippen molar-refractivity contribution >= 4 is 12.1 Å². The third-order valence-electron chi connectivity index (χ3n) is 5.14. The number of rotatable bonds is 8. The van der Waals surface area contributed by atoms with Crippen LogP contribution in [0.1, 0.15) is 29.2 Å². The zero-order chi connectivity index (χ0) is 23.1. The molecule has 0 bridgehead atoms. The van der Waals surface area contributed by atoms with E-state index in [0.29, 0.717) is 29.8 Å². The molecule has 0 radical (unpaired) electrons. The highest BCUT2D eigenvalue weighted by Gasteiger charge is 2.17. The predicted octanol–water partition coefficient (Wildman–Crippen LogP) is 5.59. The van der Waals surface area contributed by atoms with Crippen LogP contribution >= 0.6 is 0 Å². The van der Waals surface area contributed by atoms with Crippen molar-refractivity contribution < 1.29 is 23.8 Å². The first-order valence-electron chi connectivity index (χ1n) is 10.4. The van der Waals surface area contributed by atoms with Gasteiger partial charge in [0.25, 0.3) is 0 Å². The quantitative estimate of drug-likeness (QED) is 0.501. The van der Waals surface area contributed by atoms with Crippen LogP contribution in [0.25, 0.3) is 11.1 Å². The Bertz CT molecular complexity index is 1100. The Morgan fingerprint density at radius 3 is 2.41 bits per heavy atom. The number of aryl methyl sites for hydroxylation is 1. The first-order valence-corrected chi connectivity index (χ1v) is 10.4. The van der Waals surface area contributed by atoms with Crippen LogP contribution in [0.3, 0.4) is 0 Å². The molecule has 0 aliphatic carbocycles. The molecule has 0 aliphatic rings. The number of carbonyl (C=O) groups is 2. The van der Waals surface area contributed by atoms with E-state index in [4.69, 9.17) is 9.84 Å². The molecule has 1 amide bonds. The van der Waals surface area contributed by atoms with Crippen LogP contribution in [0.5, 0.6) is 0 Å². The fourth-order valence-corrected chi connectivity index (χ4v) is 3.51. The first-order chi connectivity index (χ1) is 15.4. The molecule has 32 heavy (non-hydrogen) atoms. The smallest absolute Gasteiger partial charge is 0.410 e. The summed E-state index contributed by atoms with van der Waals surface area (Å²) in [4.78, 5) is 25.3. The van der Waals surface area contributed by atoms with E-state index in [1.54, 1.807) is 11.0 Å². The van der Waals surface area contributed by atoms with Crippen molar-refractivity contribution in [3.05, 3.63) is 94.8 Å². The van der Waals surface area contributed by atoms with E-state index >= 15 is 0 Å². The van der Waals surface area contributed by atoms with E-state index in [1.165, 1.54) is 18.2 Å². The molecule has 0 spiro atoms. The van der Waals surface area contributed by atoms with E-state index in [0.717, 1.165) is 11.1 Å². The van der Waals surface area contributed by atoms with Gasteiger partial charge in [-0.1, -0.05) is 60.2 Å². The van der Waals surface area contributed by atoms with Gasteiger partial charge in [0, 0.05) is 18.7 Å². The first kappa shape index (κ1) is 23.0. The number of hydrogen-bond donors (Lipinski definition) is 1. The van der Waals surface area contributed by atoms with E-state index in [9.17, 15) is 14.0 Å². The predicted molar refractivity (Wildman–Crippen MR) is 121 cm³/mol. The zero-order valence-electron chi connectivity index (χ0n) is 18.2. The third kappa shape index (κ3) is 5.94. The molecule has 3 aromatic carbocycles. The summed E-state index contributed by atoms with van der Waals surface area (Å²) < 4.78 is 20.2. The number of nitrogens with zero attached hydrogens (tertiary/aromatic N) is 1. The lowest BCUT2D eigenvalue weighted by atomic mass is 9.95. The number of ether oxygens (including phenoxy) is 1.